The van der Waals surface area contributed by atoms with Crippen molar-refractivity contribution in [1.29, 1.82) is 0 Å². The van der Waals surface area contributed by atoms with Crippen molar-refractivity contribution in [3.63, 3.8) is 0 Å². The fourth-order valence-corrected chi connectivity index (χ4v) is 2.57. The molecule has 29 heavy (non-hydrogen) atoms. The quantitative estimate of drug-likeness (QED) is 0.649. The van der Waals surface area contributed by atoms with Gasteiger partial charge in [0.2, 0.25) is 5.91 Å². The Labute approximate surface area is 171 Å². The van der Waals surface area contributed by atoms with E-state index in [1.165, 1.54) is 31.2 Å². The molecule has 1 atom stereocenters. The van der Waals surface area contributed by atoms with Gasteiger partial charge in [0, 0.05) is 5.69 Å². The number of rotatable bonds is 7. The van der Waals surface area contributed by atoms with Crippen LogP contribution in [0, 0.1) is 0 Å². The molecular formula is C18H22ClF3N4O3. The lowest BCUT2D eigenvalue weighted by atomic mass is 10.1. The summed E-state index contributed by atoms with van der Waals surface area (Å²) in [6.07, 6.45) is -2.84. The lowest BCUT2D eigenvalue weighted by Crippen LogP contribution is -2.35. The second-order valence-electron chi connectivity index (χ2n) is 5.97. The van der Waals surface area contributed by atoms with E-state index in [0.717, 1.165) is 6.20 Å². The number of anilines is 1. The Kier molecular flexibility index (Phi) is 8.65. The summed E-state index contributed by atoms with van der Waals surface area (Å²) in [5, 5.41) is 6.27. The van der Waals surface area contributed by atoms with E-state index in [-0.39, 0.29) is 30.4 Å². The molecule has 0 aliphatic carbocycles. The smallest absolute Gasteiger partial charge is 0.434 e. The molecule has 7 nitrogen and oxygen atoms in total. The summed E-state index contributed by atoms with van der Waals surface area (Å²) in [6.45, 7) is 3.30. The van der Waals surface area contributed by atoms with Crippen LogP contribution in [0.25, 0.3) is 5.69 Å². The number of amides is 1. The maximum Gasteiger partial charge on any atom is 0.434 e. The minimum absolute atomic E-state index is 0. The summed E-state index contributed by atoms with van der Waals surface area (Å²) in [5.74, 6) is -1.56. The third kappa shape index (κ3) is 5.94. The SMILES string of the molecule is CCCC(N)C(=O)Nc1cccc(-n2ncc(C(=O)OCC)c2C(F)(F)F)c1.Cl. The molecule has 1 heterocycles. The Bertz CT molecular complexity index is 855. The van der Waals surface area contributed by atoms with Gasteiger partial charge in [0.05, 0.1) is 24.5 Å². The van der Waals surface area contributed by atoms with Gasteiger partial charge in [0.15, 0.2) is 5.69 Å². The van der Waals surface area contributed by atoms with Crippen LogP contribution in [0.3, 0.4) is 0 Å². The summed E-state index contributed by atoms with van der Waals surface area (Å²) < 4.78 is 46.0. The number of nitrogens with two attached hydrogens (primary N) is 1. The number of nitrogens with one attached hydrogen (secondary N) is 1. The normalized spacial score (nSPS) is 12.1. The molecule has 0 radical (unpaired) electrons. The monoisotopic (exact) mass is 434 g/mol. The number of hydrogen-bond acceptors (Lipinski definition) is 5. The van der Waals surface area contributed by atoms with E-state index in [1.807, 2.05) is 6.92 Å². The Morgan fingerprint density at radius 3 is 2.59 bits per heavy atom. The van der Waals surface area contributed by atoms with Gasteiger partial charge in [-0.1, -0.05) is 19.4 Å². The zero-order valence-electron chi connectivity index (χ0n) is 15.8. The molecule has 160 valence electrons. The molecule has 11 heteroatoms. The first-order valence-electron chi connectivity index (χ1n) is 8.68. The maximum absolute atomic E-state index is 13.6. The molecular weight excluding hydrogens is 413 g/mol. The van der Waals surface area contributed by atoms with Crippen molar-refractivity contribution < 1.29 is 27.5 Å². The number of ether oxygens (including phenoxy) is 1. The maximum atomic E-state index is 13.6. The summed E-state index contributed by atoms with van der Waals surface area (Å²) in [4.78, 5) is 23.9. The number of aromatic nitrogens is 2. The standard InChI is InChI=1S/C18H21F3N4O3.ClH/c1-3-6-14(22)16(26)24-11-7-5-8-12(9-11)25-15(18(19,20)21)13(10-23-25)17(27)28-4-2;/h5,7-10,14H,3-4,6,22H2,1-2H3,(H,24,26);1H. The van der Waals surface area contributed by atoms with E-state index >= 15 is 0 Å². The Morgan fingerprint density at radius 2 is 2.00 bits per heavy atom. The minimum atomic E-state index is -4.85. The third-order valence-electron chi connectivity index (χ3n) is 3.83. The van der Waals surface area contributed by atoms with E-state index < -0.39 is 35.4 Å². The number of benzene rings is 1. The van der Waals surface area contributed by atoms with Crippen LogP contribution >= 0.6 is 12.4 Å². The van der Waals surface area contributed by atoms with Crippen molar-refractivity contribution in [2.45, 2.75) is 38.9 Å². The van der Waals surface area contributed by atoms with E-state index in [4.69, 9.17) is 5.73 Å². The van der Waals surface area contributed by atoms with Gasteiger partial charge in [0.25, 0.3) is 0 Å². The number of hydrogen-bond donors (Lipinski definition) is 2. The fraction of sp³-hybridized carbons (Fsp3) is 0.389. The molecule has 0 spiro atoms. The topological polar surface area (TPSA) is 99.2 Å². The second-order valence-corrected chi connectivity index (χ2v) is 5.97. The van der Waals surface area contributed by atoms with Crippen LogP contribution in [0.1, 0.15) is 42.7 Å². The number of esters is 1. The van der Waals surface area contributed by atoms with Crippen molar-refractivity contribution >= 4 is 30.0 Å². The first kappa shape index (κ1) is 24.4. The van der Waals surface area contributed by atoms with Crippen LogP contribution in [0.15, 0.2) is 30.5 Å². The zero-order valence-corrected chi connectivity index (χ0v) is 16.6. The Morgan fingerprint density at radius 1 is 1.31 bits per heavy atom. The van der Waals surface area contributed by atoms with Gasteiger partial charge in [-0.05, 0) is 31.5 Å². The average Bonchev–Trinajstić information content (AvgIpc) is 3.08. The van der Waals surface area contributed by atoms with Crippen LogP contribution in [-0.2, 0) is 15.7 Å². The molecule has 1 unspecified atom stereocenters. The van der Waals surface area contributed by atoms with Gasteiger partial charge in [0.1, 0.15) is 5.56 Å². The second kappa shape index (κ2) is 10.3. The van der Waals surface area contributed by atoms with Gasteiger partial charge in [-0.15, -0.1) is 12.4 Å². The summed E-state index contributed by atoms with van der Waals surface area (Å²) in [6, 6.07) is 4.94. The predicted octanol–water partition coefficient (Wildman–Crippen LogP) is 3.56. The van der Waals surface area contributed by atoms with Crippen LogP contribution in [-0.4, -0.2) is 34.3 Å². The van der Waals surface area contributed by atoms with Gasteiger partial charge >= 0.3 is 12.1 Å². The largest absolute Gasteiger partial charge is 0.462 e. The summed E-state index contributed by atoms with van der Waals surface area (Å²) in [7, 11) is 0. The molecule has 1 aromatic carbocycles. The molecule has 0 saturated heterocycles. The molecule has 1 amide bonds. The van der Waals surface area contributed by atoms with Crippen molar-refractivity contribution in [2.75, 3.05) is 11.9 Å². The van der Waals surface area contributed by atoms with Crippen LogP contribution < -0.4 is 11.1 Å². The van der Waals surface area contributed by atoms with Crippen molar-refractivity contribution in [3.05, 3.63) is 41.7 Å². The van der Waals surface area contributed by atoms with Crippen LogP contribution in [0.5, 0.6) is 0 Å². The highest BCUT2D eigenvalue weighted by atomic mass is 35.5. The van der Waals surface area contributed by atoms with E-state index in [2.05, 4.69) is 15.2 Å². The molecule has 0 saturated carbocycles. The molecule has 0 aliphatic rings. The Hall–Kier alpha value is -2.59. The van der Waals surface area contributed by atoms with Crippen LogP contribution in [0.2, 0.25) is 0 Å². The third-order valence-corrected chi connectivity index (χ3v) is 3.83. The molecule has 2 rings (SSSR count). The molecule has 3 N–H and O–H groups in total. The fourth-order valence-electron chi connectivity index (χ4n) is 2.57. The minimum Gasteiger partial charge on any atom is -0.462 e. The first-order chi connectivity index (χ1) is 13.2. The molecule has 2 aromatic rings. The highest BCUT2D eigenvalue weighted by Gasteiger charge is 2.41. The van der Waals surface area contributed by atoms with E-state index in [0.29, 0.717) is 17.5 Å². The Balaban J connectivity index is 0.00000420. The molecule has 0 fully saturated rings. The van der Waals surface area contributed by atoms with E-state index in [1.54, 1.807) is 0 Å². The molecule has 1 aromatic heterocycles. The van der Waals surface area contributed by atoms with Gasteiger partial charge in [-0.25, -0.2) is 9.48 Å². The molecule has 0 aliphatic heterocycles. The first-order valence-corrected chi connectivity index (χ1v) is 8.68. The van der Waals surface area contributed by atoms with E-state index in [9.17, 15) is 22.8 Å². The van der Waals surface area contributed by atoms with Crippen LogP contribution in [0.4, 0.5) is 18.9 Å². The predicted molar refractivity (Wildman–Crippen MR) is 103 cm³/mol. The lowest BCUT2D eigenvalue weighted by Gasteiger charge is -2.14. The lowest BCUT2D eigenvalue weighted by molar-refractivity contribution is -0.143. The van der Waals surface area contributed by atoms with Crippen molar-refractivity contribution in [3.8, 4) is 5.69 Å². The average molecular weight is 435 g/mol. The number of alkyl halides is 3. The number of halogens is 4. The number of carbonyl (C=O) groups is 2. The van der Waals surface area contributed by atoms with Crippen molar-refractivity contribution in [2.24, 2.45) is 5.73 Å². The van der Waals surface area contributed by atoms with Gasteiger partial charge in [-0.2, -0.15) is 18.3 Å². The summed E-state index contributed by atoms with van der Waals surface area (Å²) in [5.41, 5.74) is 4.08. The highest BCUT2D eigenvalue weighted by Crippen LogP contribution is 2.34. The van der Waals surface area contributed by atoms with Gasteiger partial charge < -0.3 is 15.8 Å². The van der Waals surface area contributed by atoms with Gasteiger partial charge in [-0.3, -0.25) is 4.79 Å². The highest BCUT2D eigenvalue weighted by molar-refractivity contribution is 5.95. The van der Waals surface area contributed by atoms with Crippen molar-refractivity contribution in [1.82, 2.24) is 9.78 Å². The number of nitrogens with zero attached hydrogens (tertiary/aromatic N) is 2. The molecule has 0 bridgehead atoms. The summed E-state index contributed by atoms with van der Waals surface area (Å²) >= 11 is 0. The number of carbonyl (C=O) groups excluding carboxylic acids is 2. The zero-order chi connectivity index (χ0) is 20.9.